The molecule has 2 rings (SSSR count). The molecule has 1 aromatic heterocycles. The fourth-order valence-corrected chi connectivity index (χ4v) is 2.51. The molecule has 7 nitrogen and oxygen atoms in total. The Morgan fingerprint density at radius 2 is 2.24 bits per heavy atom. The molecule has 0 unspecified atom stereocenters. The summed E-state index contributed by atoms with van der Waals surface area (Å²) in [6.07, 6.45) is 1.28. The minimum Gasteiger partial charge on any atom is -0.388 e. The van der Waals surface area contributed by atoms with Crippen LogP contribution in [0.1, 0.15) is 29.0 Å². The van der Waals surface area contributed by atoms with E-state index in [1.807, 2.05) is 18.0 Å². The van der Waals surface area contributed by atoms with E-state index in [9.17, 15) is 9.90 Å². The van der Waals surface area contributed by atoms with E-state index in [2.05, 4.69) is 10.4 Å². The number of likely N-dealkylation sites (N-methyl/N-ethyl adjacent to an activating group) is 1. The summed E-state index contributed by atoms with van der Waals surface area (Å²) < 4.78 is 5.27. The van der Waals surface area contributed by atoms with Crippen LogP contribution >= 0.6 is 0 Å². The van der Waals surface area contributed by atoms with E-state index in [1.54, 1.807) is 12.1 Å². The highest BCUT2D eigenvalue weighted by Crippen LogP contribution is 2.21. The fraction of sp³-hybridized carbons (Fsp3) is 0.571. The first-order valence-electron chi connectivity index (χ1n) is 6.98. The number of nitrogens with one attached hydrogen (secondary N) is 1. The second kappa shape index (κ2) is 6.95. The molecule has 0 aliphatic carbocycles. The molecule has 1 saturated heterocycles. The molecule has 2 heterocycles. The third kappa shape index (κ3) is 4.47. The van der Waals surface area contributed by atoms with E-state index in [0.29, 0.717) is 39.1 Å². The maximum Gasteiger partial charge on any atom is 0.283 e. The fourth-order valence-electron chi connectivity index (χ4n) is 2.51. The van der Waals surface area contributed by atoms with Crippen LogP contribution in [0.5, 0.6) is 0 Å². The number of carbonyl (C=O) groups is 1. The molecule has 0 saturated carbocycles. The van der Waals surface area contributed by atoms with Crippen molar-refractivity contribution in [3.8, 4) is 0 Å². The Bertz CT molecular complexity index is 489. The summed E-state index contributed by atoms with van der Waals surface area (Å²) in [5, 5.41) is 10.5. The van der Waals surface area contributed by atoms with Crippen LogP contribution in [0.4, 0.5) is 0 Å². The number of rotatable bonds is 5. The van der Waals surface area contributed by atoms with Crippen molar-refractivity contribution in [1.82, 2.24) is 15.3 Å². The summed E-state index contributed by atoms with van der Waals surface area (Å²) in [5.41, 5.74) is 2.40. The molecule has 1 aromatic rings. The zero-order chi connectivity index (χ0) is 15.3. The van der Waals surface area contributed by atoms with E-state index in [1.165, 1.54) is 0 Å². The van der Waals surface area contributed by atoms with Crippen LogP contribution in [-0.2, 0) is 11.3 Å². The minimum absolute atomic E-state index is 0.285. The Hall–Kier alpha value is -1.54. The van der Waals surface area contributed by atoms with Gasteiger partial charge in [0.05, 0.1) is 11.3 Å². The van der Waals surface area contributed by atoms with Gasteiger partial charge in [0.25, 0.3) is 5.91 Å². The van der Waals surface area contributed by atoms with Crippen molar-refractivity contribution in [1.29, 1.82) is 0 Å². The van der Waals surface area contributed by atoms with Gasteiger partial charge in [0.2, 0.25) is 0 Å². The topological polar surface area (TPSA) is 101 Å². The van der Waals surface area contributed by atoms with Crippen LogP contribution < -0.4 is 11.3 Å². The average Bonchev–Trinajstić information content (AvgIpc) is 2.46. The van der Waals surface area contributed by atoms with E-state index in [0.717, 1.165) is 5.69 Å². The molecule has 1 fully saturated rings. The van der Waals surface area contributed by atoms with Gasteiger partial charge < -0.3 is 9.84 Å². The first-order chi connectivity index (χ1) is 10.0. The quantitative estimate of drug-likeness (QED) is 0.390. The molecule has 1 aliphatic heterocycles. The Morgan fingerprint density at radius 1 is 1.52 bits per heavy atom. The number of nitrogens with two attached hydrogens (primary N) is 1. The molecule has 116 valence electrons. The Labute approximate surface area is 124 Å². The van der Waals surface area contributed by atoms with Crippen molar-refractivity contribution < 1.29 is 14.6 Å². The molecule has 4 N–H and O–H groups in total. The van der Waals surface area contributed by atoms with Crippen molar-refractivity contribution in [2.24, 2.45) is 5.84 Å². The number of carbonyl (C=O) groups excluding carboxylic acids is 1. The minimum atomic E-state index is -0.709. The molecule has 0 aromatic carbocycles. The lowest BCUT2D eigenvalue weighted by Crippen LogP contribution is -2.45. The Balaban J connectivity index is 1.96. The molecule has 7 heteroatoms. The highest BCUT2D eigenvalue weighted by Gasteiger charge is 2.31. The Kier molecular flexibility index (Phi) is 5.24. The number of nitrogen functional groups attached to an aromatic ring is 1. The van der Waals surface area contributed by atoms with Gasteiger partial charge >= 0.3 is 0 Å². The van der Waals surface area contributed by atoms with E-state index in [-0.39, 0.29) is 5.69 Å². The lowest BCUT2D eigenvalue weighted by atomic mass is 9.94. The van der Waals surface area contributed by atoms with Crippen LogP contribution in [0, 0.1) is 0 Å². The molecule has 0 atom stereocenters. The second-order valence-electron chi connectivity index (χ2n) is 5.50. The first kappa shape index (κ1) is 15.8. The zero-order valence-corrected chi connectivity index (χ0v) is 12.2. The molecular weight excluding hydrogens is 272 g/mol. The van der Waals surface area contributed by atoms with Crippen LogP contribution in [0.2, 0.25) is 0 Å². The standard InChI is InChI=1S/C14H22N4O3/c1-18(10-14(20)5-7-21-8-6-14)9-11-3-2-4-12(16-11)13(19)17-15/h2-4,20H,5-10,15H2,1H3,(H,17,19). The average molecular weight is 294 g/mol. The van der Waals surface area contributed by atoms with Gasteiger partial charge in [-0.05, 0) is 19.2 Å². The summed E-state index contributed by atoms with van der Waals surface area (Å²) in [5.74, 6) is 4.69. The van der Waals surface area contributed by atoms with Crippen LogP contribution in [0.3, 0.4) is 0 Å². The van der Waals surface area contributed by atoms with Gasteiger partial charge in [-0.15, -0.1) is 0 Å². The largest absolute Gasteiger partial charge is 0.388 e. The predicted octanol–water partition coefficient (Wildman–Crippen LogP) is -0.342. The van der Waals surface area contributed by atoms with Gasteiger partial charge in [-0.2, -0.15) is 0 Å². The van der Waals surface area contributed by atoms with Gasteiger partial charge in [0.15, 0.2) is 0 Å². The van der Waals surface area contributed by atoms with Gasteiger partial charge in [-0.3, -0.25) is 15.1 Å². The highest BCUT2D eigenvalue weighted by molar-refractivity contribution is 5.91. The highest BCUT2D eigenvalue weighted by atomic mass is 16.5. The van der Waals surface area contributed by atoms with Crippen molar-refractivity contribution in [3.05, 3.63) is 29.6 Å². The van der Waals surface area contributed by atoms with E-state index >= 15 is 0 Å². The lowest BCUT2D eigenvalue weighted by Gasteiger charge is -2.35. The zero-order valence-electron chi connectivity index (χ0n) is 12.2. The number of aromatic nitrogens is 1. The normalized spacial score (nSPS) is 17.7. The number of amides is 1. The third-order valence-electron chi connectivity index (χ3n) is 3.59. The molecule has 0 spiro atoms. The van der Waals surface area contributed by atoms with Gasteiger partial charge in [-0.1, -0.05) is 6.07 Å². The van der Waals surface area contributed by atoms with Crippen molar-refractivity contribution in [2.45, 2.75) is 25.0 Å². The van der Waals surface area contributed by atoms with E-state index in [4.69, 9.17) is 10.6 Å². The number of hydrazine groups is 1. The number of pyridine rings is 1. The lowest BCUT2D eigenvalue weighted by molar-refractivity contribution is -0.0778. The van der Waals surface area contributed by atoms with E-state index < -0.39 is 11.5 Å². The molecule has 1 amide bonds. The first-order valence-corrected chi connectivity index (χ1v) is 6.98. The number of hydrogen-bond donors (Lipinski definition) is 3. The van der Waals surface area contributed by atoms with Gasteiger partial charge in [0.1, 0.15) is 5.69 Å². The van der Waals surface area contributed by atoms with Crippen LogP contribution in [0.25, 0.3) is 0 Å². The molecule has 21 heavy (non-hydrogen) atoms. The van der Waals surface area contributed by atoms with Crippen LogP contribution in [-0.4, -0.2) is 53.3 Å². The number of nitrogens with zero attached hydrogens (tertiary/aromatic N) is 2. The number of hydrogen-bond acceptors (Lipinski definition) is 6. The summed E-state index contributed by atoms with van der Waals surface area (Å²) >= 11 is 0. The molecule has 1 aliphatic rings. The van der Waals surface area contributed by atoms with Crippen molar-refractivity contribution in [3.63, 3.8) is 0 Å². The summed E-state index contributed by atoms with van der Waals surface area (Å²) in [4.78, 5) is 17.7. The summed E-state index contributed by atoms with van der Waals surface area (Å²) in [6.45, 7) is 2.28. The van der Waals surface area contributed by atoms with Gasteiger partial charge in [-0.25, -0.2) is 10.8 Å². The Morgan fingerprint density at radius 3 is 2.90 bits per heavy atom. The summed E-state index contributed by atoms with van der Waals surface area (Å²) in [7, 11) is 1.92. The summed E-state index contributed by atoms with van der Waals surface area (Å²) in [6, 6.07) is 5.22. The van der Waals surface area contributed by atoms with Gasteiger partial charge in [0, 0.05) is 39.1 Å². The molecule has 0 radical (unpaired) electrons. The monoisotopic (exact) mass is 294 g/mol. The van der Waals surface area contributed by atoms with Crippen molar-refractivity contribution >= 4 is 5.91 Å². The molecular formula is C14H22N4O3. The number of aliphatic hydroxyl groups is 1. The smallest absolute Gasteiger partial charge is 0.283 e. The maximum atomic E-state index is 11.5. The third-order valence-corrected chi connectivity index (χ3v) is 3.59. The van der Waals surface area contributed by atoms with Crippen molar-refractivity contribution in [2.75, 3.05) is 26.8 Å². The molecule has 0 bridgehead atoms. The predicted molar refractivity (Wildman–Crippen MR) is 77.2 cm³/mol. The SMILES string of the molecule is CN(Cc1cccc(C(=O)NN)n1)CC1(O)CCOCC1. The number of ether oxygens (including phenoxy) is 1. The second-order valence-corrected chi connectivity index (χ2v) is 5.50. The van der Waals surface area contributed by atoms with Crippen LogP contribution in [0.15, 0.2) is 18.2 Å². The maximum absolute atomic E-state index is 11.5.